The predicted molar refractivity (Wildman–Crippen MR) is 196 cm³/mol. The van der Waals surface area contributed by atoms with Crippen molar-refractivity contribution in [3.63, 3.8) is 0 Å². The summed E-state index contributed by atoms with van der Waals surface area (Å²) in [6, 6.07) is 32.5. The average Bonchev–Trinajstić information content (AvgIpc) is 3.05. The molecular formula is C43H49N3. The standard InChI is InChI=1S/C43H49N3/c1-29-10-8-13-42(20-29)46(28-36-11-9-12-38(25-36)39-21-30(2)34(6)31(3)22-39)41-15-18-45(19-16-41)27-37-14-17-44-43(26-37)40-23-32(4)35(7)33(5)24-40/h8-14,17,20-26,41H,15-16,18-19,27-28H2,1-7H3. The molecule has 0 atom stereocenters. The van der Waals surface area contributed by atoms with Crippen LogP contribution in [-0.2, 0) is 13.1 Å². The molecule has 1 saturated heterocycles. The van der Waals surface area contributed by atoms with Crippen molar-refractivity contribution in [2.75, 3.05) is 18.0 Å². The van der Waals surface area contributed by atoms with Crippen LogP contribution in [0, 0.1) is 48.5 Å². The van der Waals surface area contributed by atoms with E-state index in [0.29, 0.717) is 6.04 Å². The Morgan fingerprint density at radius 2 is 1.26 bits per heavy atom. The molecule has 0 spiro atoms. The van der Waals surface area contributed by atoms with Gasteiger partial charge in [-0.1, -0.05) is 42.5 Å². The minimum atomic E-state index is 0.497. The van der Waals surface area contributed by atoms with E-state index < -0.39 is 0 Å². The Morgan fingerprint density at radius 1 is 0.630 bits per heavy atom. The Morgan fingerprint density at radius 3 is 1.91 bits per heavy atom. The summed E-state index contributed by atoms with van der Waals surface area (Å²) in [5, 5.41) is 0. The van der Waals surface area contributed by atoms with Gasteiger partial charge in [-0.3, -0.25) is 9.88 Å². The minimum Gasteiger partial charge on any atom is -0.364 e. The third-order valence-corrected chi connectivity index (χ3v) is 10.3. The molecule has 6 rings (SSSR count). The summed E-state index contributed by atoms with van der Waals surface area (Å²) in [5.41, 5.74) is 18.4. The van der Waals surface area contributed by atoms with E-state index in [1.54, 1.807) is 0 Å². The van der Waals surface area contributed by atoms with Crippen LogP contribution in [0.5, 0.6) is 0 Å². The molecule has 1 aromatic heterocycles. The number of benzene rings is 4. The molecule has 46 heavy (non-hydrogen) atoms. The van der Waals surface area contributed by atoms with Crippen LogP contribution in [-0.4, -0.2) is 29.0 Å². The topological polar surface area (TPSA) is 19.4 Å². The van der Waals surface area contributed by atoms with Crippen molar-refractivity contribution in [1.82, 2.24) is 9.88 Å². The van der Waals surface area contributed by atoms with Gasteiger partial charge in [-0.2, -0.15) is 0 Å². The summed E-state index contributed by atoms with van der Waals surface area (Å²) in [5.74, 6) is 0. The molecule has 0 saturated carbocycles. The second-order valence-electron chi connectivity index (χ2n) is 13.7. The van der Waals surface area contributed by atoms with E-state index in [1.165, 1.54) is 72.4 Å². The van der Waals surface area contributed by atoms with Crippen molar-refractivity contribution in [3.8, 4) is 22.4 Å². The number of likely N-dealkylation sites (tertiary alicyclic amines) is 1. The first-order chi connectivity index (χ1) is 22.1. The van der Waals surface area contributed by atoms with Crippen LogP contribution >= 0.6 is 0 Å². The Labute approximate surface area is 277 Å². The molecule has 5 aromatic rings. The van der Waals surface area contributed by atoms with Crippen molar-refractivity contribution < 1.29 is 0 Å². The third kappa shape index (κ3) is 7.11. The highest BCUT2D eigenvalue weighted by Gasteiger charge is 2.26. The fourth-order valence-corrected chi connectivity index (χ4v) is 7.05. The van der Waals surface area contributed by atoms with E-state index in [9.17, 15) is 0 Å². The molecule has 4 aromatic carbocycles. The summed E-state index contributed by atoms with van der Waals surface area (Å²) in [6.07, 6.45) is 4.28. The SMILES string of the molecule is Cc1cccc(N(Cc2cccc(-c3cc(C)c(C)c(C)c3)c2)C2CCN(Cc3ccnc(-c4cc(C)c(C)c(C)c4)c3)CC2)c1. The highest BCUT2D eigenvalue weighted by Crippen LogP contribution is 2.31. The molecule has 1 fully saturated rings. The second-order valence-corrected chi connectivity index (χ2v) is 13.7. The van der Waals surface area contributed by atoms with Gasteiger partial charge in [0.05, 0.1) is 5.69 Å². The van der Waals surface area contributed by atoms with Gasteiger partial charge in [0.25, 0.3) is 0 Å². The molecular weight excluding hydrogens is 558 g/mol. The maximum absolute atomic E-state index is 4.74. The summed E-state index contributed by atoms with van der Waals surface area (Å²) in [4.78, 5) is 10.0. The summed E-state index contributed by atoms with van der Waals surface area (Å²) >= 11 is 0. The van der Waals surface area contributed by atoms with E-state index >= 15 is 0 Å². The summed E-state index contributed by atoms with van der Waals surface area (Å²) < 4.78 is 0. The van der Waals surface area contributed by atoms with Crippen LogP contribution in [0.1, 0.15) is 62.9 Å². The van der Waals surface area contributed by atoms with E-state index in [4.69, 9.17) is 4.98 Å². The lowest BCUT2D eigenvalue weighted by Crippen LogP contribution is -2.44. The Balaban J connectivity index is 1.18. The largest absolute Gasteiger partial charge is 0.364 e. The quantitative estimate of drug-likeness (QED) is 0.175. The van der Waals surface area contributed by atoms with Gasteiger partial charge < -0.3 is 4.90 Å². The number of anilines is 1. The van der Waals surface area contributed by atoms with Crippen molar-refractivity contribution in [2.24, 2.45) is 0 Å². The zero-order valence-corrected chi connectivity index (χ0v) is 28.8. The van der Waals surface area contributed by atoms with E-state index in [0.717, 1.165) is 44.7 Å². The number of pyridine rings is 1. The molecule has 2 heterocycles. The van der Waals surface area contributed by atoms with E-state index in [1.807, 2.05) is 6.20 Å². The fourth-order valence-electron chi connectivity index (χ4n) is 7.05. The fraction of sp³-hybridized carbons (Fsp3) is 0.326. The molecule has 0 bridgehead atoms. The van der Waals surface area contributed by atoms with Crippen LogP contribution < -0.4 is 4.90 Å². The Bertz CT molecular complexity index is 1800. The number of aromatic nitrogens is 1. The van der Waals surface area contributed by atoms with Crippen molar-refractivity contribution in [2.45, 2.75) is 80.4 Å². The number of hydrogen-bond donors (Lipinski definition) is 0. The van der Waals surface area contributed by atoms with Crippen LogP contribution in [0.15, 0.2) is 91.1 Å². The third-order valence-electron chi connectivity index (χ3n) is 10.3. The van der Waals surface area contributed by atoms with Gasteiger partial charge in [-0.25, -0.2) is 0 Å². The van der Waals surface area contributed by atoms with Gasteiger partial charge in [-0.05, 0) is 165 Å². The van der Waals surface area contributed by atoms with Crippen molar-refractivity contribution in [3.05, 3.63) is 141 Å². The number of nitrogens with zero attached hydrogens (tertiary/aromatic N) is 3. The highest BCUT2D eigenvalue weighted by atomic mass is 15.2. The average molecular weight is 608 g/mol. The first-order valence-electron chi connectivity index (χ1n) is 16.9. The molecule has 1 aliphatic heterocycles. The molecule has 0 aliphatic carbocycles. The molecule has 3 heteroatoms. The van der Waals surface area contributed by atoms with E-state index in [2.05, 4.69) is 143 Å². The maximum Gasteiger partial charge on any atom is 0.0705 e. The van der Waals surface area contributed by atoms with Gasteiger partial charge in [-0.15, -0.1) is 0 Å². The lowest BCUT2D eigenvalue weighted by molar-refractivity contribution is 0.201. The number of aryl methyl sites for hydroxylation is 5. The monoisotopic (exact) mass is 607 g/mol. The lowest BCUT2D eigenvalue weighted by atomic mass is 9.95. The maximum atomic E-state index is 4.74. The van der Waals surface area contributed by atoms with E-state index in [-0.39, 0.29) is 0 Å². The number of piperidine rings is 1. The Hall–Kier alpha value is -4.21. The smallest absolute Gasteiger partial charge is 0.0705 e. The Kier molecular flexibility index (Phi) is 9.42. The van der Waals surface area contributed by atoms with Gasteiger partial charge >= 0.3 is 0 Å². The molecule has 0 amide bonds. The van der Waals surface area contributed by atoms with Gasteiger partial charge in [0.15, 0.2) is 0 Å². The molecule has 1 aliphatic rings. The first kappa shape index (κ1) is 31.8. The summed E-state index contributed by atoms with van der Waals surface area (Å²) in [6.45, 7) is 19.5. The molecule has 0 radical (unpaired) electrons. The predicted octanol–water partition coefficient (Wildman–Crippen LogP) is 10.2. The molecule has 3 nitrogen and oxygen atoms in total. The van der Waals surface area contributed by atoms with Gasteiger partial charge in [0.2, 0.25) is 0 Å². The highest BCUT2D eigenvalue weighted by molar-refractivity contribution is 5.67. The molecule has 0 N–H and O–H groups in total. The van der Waals surface area contributed by atoms with Crippen LogP contribution in [0.25, 0.3) is 22.4 Å². The summed E-state index contributed by atoms with van der Waals surface area (Å²) in [7, 11) is 0. The lowest BCUT2D eigenvalue weighted by Gasteiger charge is -2.40. The minimum absolute atomic E-state index is 0.497. The van der Waals surface area contributed by atoms with Crippen LogP contribution in [0.4, 0.5) is 5.69 Å². The van der Waals surface area contributed by atoms with Gasteiger partial charge in [0.1, 0.15) is 0 Å². The molecule has 0 unspecified atom stereocenters. The van der Waals surface area contributed by atoms with Gasteiger partial charge in [0, 0.05) is 49.7 Å². The van der Waals surface area contributed by atoms with Crippen LogP contribution in [0.3, 0.4) is 0 Å². The normalized spacial score (nSPS) is 14.1. The zero-order chi connectivity index (χ0) is 32.4. The molecule has 236 valence electrons. The first-order valence-corrected chi connectivity index (χ1v) is 16.9. The van der Waals surface area contributed by atoms with Crippen LogP contribution in [0.2, 0.25) is 0 Å². The second kappa shape index (κ2) is 13.6. The van der Waals surface area contributed by atoms with Crippen molar-refractivity contribution in [1.29, 1.82) is 0 Å². The number of rotatable bonds is 8. The zero-order valence-electron chi connectivity index (χ0n) is 28.8. The van der Waals surface area contributed by atoms with Crippen molar-refractivity contribution >= 4 is 5.69 Å². The number of hydrogen-bond acceptors (Lipinski definition) is 3.